The number of nitrogens with zero attached hydrogens (tertiary/aromatic N) is 1. The van der Waals surface area contributed by atoms with E-state index in [1.165, 1.54) is 0 Å². The van der Waals surface area contributed by atoms with E-state index in [2.05, 4.69) is 0 Å². The predicted octanol–water partition coefficient (Wildman–Crippen LogP) is 7.30. The second-order valence-electron chi connectivity index (χ2n) is 8.26. The molecule has 5 nitrogen and oxygen atoms in total. The standard InChI is InChI=1S/C28H27NO4/c1-17-9-11-21(30)15-25(17)29(26-16-22(31)12-10-18(26)2)24-7-5-6-8-27(24)33-28-19(3)13-23(32)14-20(28)4/h5-16,30-32H,1-4H3. The molecule has 4 aromatic rings. The zero-order chi connectivity index (χ0) is 23.7. The summed E-state index contributed by atoms with van der Waals surface area (Å²) in [4.78, 5) is 1.98. The highest BCUT2D eigenvalue weighted by Gasteiger charge is 2.22. The van der Waals surface area contributed by atoms with Crippen molar-refractivity contribution in [2.75, 3.05) is 4.90 Å². The predicted molar refractivity (Wildman–Crippen MR) is 132 cm³/mol. The van der Waals surface area contributed by atoms with Gasteiger partial charge in [-0.2, -0.15) is 0 Å². The summed E-state index contributed by atoms with van der Waals surface area (Å²) in [5, 5.41) is 30.5. The first kappa shape index (κ1) is 22.1. The minimum Gasteiger partial charge on any atom is -0.508 e. The van der Waals surface area contributed by atoms with Crippen molar-refractivity contribution in [2.24, 2.45) is 0 Å². The van der Waals surface area contributed by atoms with E-state index in [1.54, 1.807) is 36.4 Å². The van der Waals surface area contributed by atoms with Crippen LogP contribution in [0.3, 0.4) is 0 Å². The Balaban J connectivity index is 1.95. The molecular formula is C28H27NO4. The van der Waals surface area contributed by atoms with Crippen molar-refractivity contribution in [3.63, 3.8) is 0 Å². The molecule has 0 unspecified atom stereocenters. The average Bonchev–Trinajstić information content (AvgIpc) is 2.76. The van der Waals surface area contributed by atoms with Crippen LogP contribution >= 0.6 is 0 Å². The molecule has 0 saturated heterocycles. The first-order chi connectivity index (χ1) is 15.7. The summed E-state index contributed by atoms with van der Waals surface area (Å²) in [6, 6.07) is 21.4. The fourth-order valence-corrected chi connectivity index (χ4v) is 3.99. The number of rotatable bonds is 5. The maximum atomic E-state index is 10.3. The fraction of sp³-hybridized carbons (Fsp3) is 0.143. The Labute approximate surface area is 193 Å². The van der Waals surface area contributed by atoms with E-state index in [-0.39, 0.29) is 17.2 Å². The molecule has 0 aliphatic rings. The first-order valence-electron chi connectivity index (χ1n) is 10.7. The van der Waals surface area contributed by atoms with Crippen LogP contribution in [0.15, 0.2) is 72.8 Å². The molecule has 168 valence electrons. The van der Waals surface area contributed by atoms with Crippen LogP contribution in [0.5, 0.6) is 28.7 Å². The monoisotopic (exact) mass is 441 g/mol. The summed E-state index contributed by atoms with van der Waals surface area (Å²) in [5.41, 5.74) is 5.79. The normalized spacial score (nSPS) is 10.8. The number of phenolic OH excluding ortho intramolecular Hbond substituents is 3. The fourth-order valence-electron chi connectivity index (χ4n) is 3.99. The van der Waals surface area contributed by atoms with Crippen molar-refractivity contribution in [3.8, 4) is 28.7 Å². The molecule has 0 spiro atoms. The van der Waals surface area contributed by atoms with E-state index in [9.17, 15) is 15.3 Å². The molecular weight excluding hydrogens is 414 g/mol. The Morgan fingerprint density at radius 3 is 1.61 bits per heavy atom. The van der Waals surface area contributed by atoms with Crippen LogP contribution in [-0.4, -0.2) is 15.3 Å². The molecule has 0 amide bonds. The SMILES string of the molecule is Cc1ccc(O)cc1N(c1cc(O)ccc1C)c1ccccc1Oc1c(C)cc(O)cc1C. The molecule has 0 aliphatic carbocycles. The molecule has 4 aromatic carbocycles. The molecule has 3 N–H and O–H groups in total. The van der Waals surface area contributed by atoms with Gasteiger partial charge in [-0.3, -0.25) is 0 Å². The van der Waals surface area contributed by atoms with E-state index in [0.29, 0.717) is 11.5 Å². The highest BCUT2D eigenvalue weighted by atomic mass is 16.5. The second-order valence-corrected chi connectivity index (χ2v) is 8.26. The number of ether oxygens (including phenoxy) is 1. The molecule has 0 aromatic heterocycles. The Morgan fingerprint density at radius 2 is 1.06 bits per heavy atom. The van der Waals surface area contributed by atoms with E-state index in [1.807, 2.05) is 69.0 Å². The van der Waals surface area contributed by atoms with Crippen LogP contribution in [0.4, 0.5) is 17.1 Å². The number of para-hydroxylation sites is 2. The van der Waals surface area contributed by atoms with Gasteiger partial charge >= 0.3 is 0 Å². The first-order valence-corrected chi connectivity index (χ1v) is 10.7. The lowest BCUT2D eigenvalue weighted by molar-refractivity contribution is 0.459. The number of hydrogen-bond acceptors (Lipinski definition) is 5. The number of phenols is 3. The van der Waals surface area contributed by atoms with Crippen LogP contribution in [0.2, 0.25) is 0 Å². The van der Waals surface area contributed by atoms with Gasteiger partial charge in [0, 0.05) is 12.1 Å². The molecule has 0 bridgehead atoms. The van der Waals surface area contributed by atoms with E-state index in [4.69, 9.17) is 4.74 Å². The topological polar surface area (TPSA) is 73.2 Å². The van der Waals surface area contributed by atoms with E-state index < -0.39 is 0 Å². The zero-order valence-corrected chi connectivity index (χ0v) is 19.1. The average molecular weight is 442 g/mol. The Morgan fingerprint density at radius 1 is 0.545 bits per heavy atom. The van der Waals surface area contributed by atoms with Gasteiger partial charge in [-0.1, -0.05) is 24.3 Å². The second kappa shape index (κ2) is 8.79. The van der Waals surface area contributed by atoms with Gasteiger partial charge < -0.3 is 25.0 Å². The third-order valence-electron chi connectivity index (χ3n) is 5.63. The quantitative estimate of drug-likeness (QED) is 0.303. The highest BCUT2D eigenvalue weighted by molar-refractivity contribution is 5.84. The molecule has 4 rings (SSSR count). The lowest BCUT2D eigenvalue weighted by atomic mass is 10.1. The Hall–Kier alpha value is -4.12. The lowest BCUT2D eigenvalue weighted by Crippen LogP contribution is -2.13. The molecule has 33 heavy (non-hydrogen) atoms. The van der Waals surface area contributed by atoms with Crippen molar-refractivity contribution in [1.29, 1.82) is 0 Å². The Bertz CT molecular complexity index is 1260. The summed E-state index contributed by atoms with van der Waals surface area (Å²) < 4.78 is 6.41. The van der Waals surface area contributed by atoms with Gasteiger partial charge in [0.05, 0.1) is 17.1 Å². The minimum absolute atomic E-state index is 0.141. The zero-order valence-electron chi connectivity index (χ0n) is 19.1. The van der Waals surface area contributed by atoms with E-state index in [0.717, 1.165) is 39.3 Å². The van der Waals surface area contributed by atoms with Crippen LogP contribution < -0.4 is 9.64 Å². The maximum absolute atomic E-state index is 10.3. The Kier molecular flexibility index (Phi) is 5.88. The van der Waals surface area contributed by atoms with Crippen molar-refractivity contribution in [2.45, 2.75) is 27.7 Å². The van der Waals surface area contributed by atoms with Gasteiger partial charge in [0.1, 0.15) is 23.0 Å². The van der Waals surface area contributed by atoms with Crippen molar-refractivity contribution < 1.29 is 20.1 Å². The van der Waals surface area contributed by atoms with Gasteiger partial charge in [0.15, 0.2) is 5.75 Å². The summed E-state index contributed by atoms with van der Waals surface area (Å²) in [5.74, 6) is 1.74. The summed E-state index contributed by atoms with van der Waals surface area (Å²) in [7, 11) is 0. The molecule has 0 aliphatic heterocycles. The number of anilines is 3. The number of aromatic hydroxyl groups is 3. The highest BCUT2D eigenvalue weighted by Crippen LogP contribution is 2.46. The molecule has 0 atom stereocenters. The van der Waals surface area contributed by atoms with E-state index >= 15 is 0 Å². The van der Waals surface area contributed by atoms with Crippen molar-refractivity contribution >= 4 is 17.1 Å². The maximum Gasteiger partial charge on any atom is 0.151 e. The van der Waals surface area contributed by atoms with Crippen LogP contribution in [-0.2, 0) is 0 Å². The van der Waals surface area contributed by atoms with Gasteiger partial charge in [0.2, 0.25) is 0 Å². The summed E-state index contributed by atoms with van der Waals surface area (Å²) in [6.45, 7) is 7.72. The van der Waals surface area contributed by atoms with Crippen LogP contribution in [0.25, 0.3) is 0 Å². The van der Waals surface area contributed by atoms with Crippen molar-refractivity contribution in [3.05, 3.63) is 95.1 Å². The molecule has 0 saturated carbocycles. The third-order valence-corrected chi connectivity index (χ3v) is 5.63. The van der Waals surface area contributed by atoms with Gasteiger partial charge in [-0.15, -0.1) is 0 Å². The minimum atomic E-state index is 0.141. The molecule has 0 heterocycles. The summed E-state index contributed by atoms with van der Waals surface area (Å²) in [6.07, 6.45) is 0. The van der Waals surface area contributed by atoms with Gasteiger partial charge in [0.25, 0.3) is 0 Å². The number of hydrogen-bond donors (Lipinski definition) is 3. The lowest BCUT2D eigenvalue weighted by Gasteiger charge is -2.30. The van der Waals surface area contributed by atoms with Gasteiger partial charge in [-0.25, -0.2) is 0 Å². The molecule has 0 radical (unpaired) electrons. The van der Waals surface area contributed by atoms with Crippen molar-refractivity contribution in [1.82, 2.24) is 0 Å². The number of benzene rings is 4. The van der Waals surface area contributed by atoms with Crippen LogP contribution in [0.1, 0.15) is 22.3 Å². The molecule has 0 fully saturated rings. The smallest absolute Gasteiger partial charge is 0.151 e. The van der Waals surface area contributed by atoms with Crippen LogP contribution in [0, 0.1) is 27.7 Å². The van der Waals surface area contributed by atoms with Gasteiger partial charge in [-0.05, 0) is 86.3 Å². The molecule has 5 heteroatoms. The number of aryl methyl sites for hydroxylation is 4. The summed E-state index contributed by atoms with van der Waals surface area (Å²) >= 11 is 0. The largest absolute Gasteiger partial charge is 0.508 e. The third kappa shape index (κ3) is 4.44.